The number of hydrogen-bond donors (Lipinski definition) is 1. The first-order chi connectivity index (χ1) is 13.1. The van der Waals surface area contributed by atoms with Crippen molar-refractivity contribution >= 4 is 15.9 Å². The van der Waals surface area contributed by atoms with E-state index in [-0.39, 0.29) is 30.0 Å². The Bertz CT molecular complexity index is 745. The van der Waals surface area contributed by atoms with E-state index in [9.17, 15) is 13.2 Å². The summed E-state index contributed by atoms with van der Waals surface area (Å²) >= 11 is 0. The number of rotatable bonds is 4. The number of nitrogens with zero attached hydrogens (tertiary/aromatic N) is 1. The van der Waals surface area contributed by atoms with E-state index in [2.05, 4.69) is 5.32 Å². The standard InChI is InChI=1S/C21H30N2O3S/c24-21(16-8-3-1-4-9-16)22-17-14-18-10-7-11-19(15-17)23(18)27(25,26)20-12-5-2-6-13-20/h2,5-6,12-13,16-19H,1,3-4,7-11,14-15H2,(H,22,24)/t17?,18-,19+. The van der Waals surface area contributed by atoms with Crippen molar-refractivity contribution < 1.29 is 13.2 Å². The minimum atomic E-state index is -3.47. The second-order valence-corrected chi connectivity index (χ2v) is 10.2. The topological polar surface area (TPSA) is 66.5 Å². The van der Waals surface area contributed by atoms with Crippen molar-refractivity contribution in [3.8, 4) is 0 Å². The van der Waals surface area contributed by atoms with Gasteiger partial charge in [0.15, 0.2) is 0 Å². The number of sulfonamides is 1. The monoisotopic (exact) mass is 390 g/mol. The number of hydrogen-bond acceptors (Lipinski definition) is 3. The number of fused-ring (bicyclic) bond motifs is 2. The molecule has 2 aliphatic heterocycles. The van der Waals surface area contributed by atoms with Crippen molar-refractivity contribution in [3.05, 3.63) is 30.3 Å². The van der Waals surface area contributed by atoms with Crippen molar-refractivity contribution in [2.45, 2.75) is 87.2 Å². The Morgan fingerprint density at radius 2 is 1.52 bits per heavy atom. The summed E-state index contributed by atoms with van der Waals surface area (Å²) in [6.45, 7) is 0. The fourth-order valence-corrected chi connectivity index (χ4v) is 7.16. The first-order valence-electron chi connectivity index (χ1n) is 10.4. The van der Waals surface area contributed by atoms with Gasteiger partial charge >= 0.3 is 0 Å². The zero-order valence-corrected chi connectivity index (χ0v) is 16.7. The van der Waals surface area contributed by atoms with Crippen molar-refractivity contribution in [1.29, 1.82) is 0 Å². The lowest BCUT2D eigenvalue weighted by atomic mass is 9.83. The fourth-order valence-electron chi connectivity index (χ4n) is 5.25. The highest BCUT2D eigenvalue weighted by atomic mass is 32.2. The summed E-state index contributed by atoms with van der Waals surface area (Å²) in [6, 6.07) is 8.87. The van der Waals surface area contributed by atoms with Crippen molar-refractivity contribution in [2.75, 3.05) is 0 Å². The van der Waals surface area contributed by atoms with Crippen LogP contribution < -0.4 is 5.32 Å². The lowest BCUT2D eigenvalue weighted by molar-refractivity contribution is -0.127. The molecule has 3 fully saturated rings. The molecule has 0 spiro atoms. The molecule has 3 atom stereocenters. The molecule has 1 unspecified atom stereocenters. The number of amides is 1. The SMILES string of the molecule is O=C(NC1C[C@H]2CCC[C@@H](C1)N2S(=O)(=O)c1ccccc1)C1CCCCC1. The third-order valence-electron chi connectivity index (χ3n) is 6.55. The van der Waals surface area contributed by atoms with Crippen LogP contribution in [0.2, 0.25) is 0 Å². The first-order valence-corrected chi connectivity index (χ1v) is 11.9. The van der Waals surface area contributed by atoms with Gasteiger partial charge in [0.25, 0.3) is 0 Å². The summed E-state index contributed by atoms with van der Waals surface area (Å²) in [6.07, 6.45) is 9.86. The molecule has 1 N–H and O–H groups in total. The van der Waals surface area contributed by atoms with Gasteiger partial charge in [0.05, 0.1) is 4.90 Å². The molecule has 1 aromatic rings. The molecule has 4 rings (SSSR count). The van der Waals surface area contributed by atoms with Gasteiger partial charge in [0.1, 0.15) is 0 Å². The quantitative estimate of drug-likeness (QED) is 0.856. The summed E-state index contributed by atoms with van der Waals surface area (Å²) in [4.78, 5) is 13.0. The Balaban J connectivity index is 1.47. The third kappa shape index (κ3) is 3.92. The zero-order chi connectivity index (χ0) is 18.9. The van der Waals surface area contributed by atoms with E-state index in [1.165, 1.54) is 6.42 Å². The molecule has 0 radical (unpaired) electrons. The maximum atomic E-state index is 13.2. The van der Waals surface area contributed by atoms with Crippen molar-refractivity contribution in [2.24, 2.45) is 5.92 Å². The van der Waals surface area contributed by atoms with Crippen LogP contribution in [0.25, 0.3) is 0 Å². The first kappa shape index (κ1) is 18.9. The summed E-state index contributed by atoms with van der Waals surface area (Å²) < 4.78 is 28.2. The van der Waals surface area contributed by atoms with E-state index >= 15 is 0 Å². The molecule has 5 nitrogen and oxygen atoms in total. The minimum Gasteiger partial charge on any atom is -0.353 e. The van der Waals surface area contributed by atoms with E-state index in [4.69, 9.17) is 0 Å². The Morgan fingerprint density at radius 1 is 0.889 bits per heavy atom. The molecule has 1 amide bonds. The third-order valence-corrected chi connectivity index (χ3v) is 8.57. The molecular weight excluding hydrogens is 360 g/mol. The van der Waals surface area contributed by atoms with Crippen LogP contribution in [0.3, 0.4) is 0 Å². The Morgan fingerprint density at radius 3 is 2.15 bits per heavy atom. The molecule has 1 aromatic carbocycles. The van der Waals surface area contributed by atoms with E-state index in [0.717, 1.165) is 57.8 Å². The lowest BCUT2D eigenvalue weighted by Crippen LogP contribution is -2.59. The molecule has 3 aliphatic rings. The van der Waals surface area contributed by atoms with Gasteiger partial charge in [-0.3, -0.25) is 4.79 Å². The number of piperidine rings is 2. The van der Waals surface area contributed by atoms with Crippen LogP contribution in [0.4, 0.5) is 0 Å². The lowest BCUT2D eigenvalue weighted by Gasteiger charge is -2.48. The predicted molar refractivity (Wildman–Crippen MR) is 105 cm³/mol. The van der Waals surface area contributed by atoms with E-state index in [0.29, 0.717) is 4.90 Å². The van der Waals surface area contributed by atoms with Crippen LogP contribution in [-0.4, -0.2) is 36.8 Å². The van der Waals surface area contributed by atoms with E-state index in [1.807, 2.05) is 6.07 Å². The Hall–Kier alpha value is -1.40. The number of benzene rings is 1. The normalized spacial score (nSPS) is 30.0. The van der Waals surface area contributed by atoms with Gasteiger partial charge in [0, 0.05) is 24.0 Å². The summed E-state index contributed by atoms with van der Waals surface area (Å²) in [5.74, 6) is 0.349. The van der Waals surface area contributed by atoms with Crippen molar-refractivity contribution in [1.82, 2.24) is 9.62 Å². The number of nitrogens with one attached hydrogen (secondary N) is 1. The maximum absolute atomic E-state index is 13.2. The zero-order valence-electron chi connectivity index (χ0n) is 15.8. The summed E-state index contributed by atoms with van der Waals surface area (Å²) in [5, 5.41) is 3.27. The van der Waals surface area contributed by atoms with Crippen LogP contribution in [0.5, 0.6) is 0 Å². The molecule has 0 aromatic heterocycles. The Kier molecular flexibility index (Phi) is 5.55. The van der Waals surface area contributed by atoms with Gasteiger partial charge in [-0.05, 0) is 50.7 Å². The van der Waals surface area contributed by atoms with Crippen LogP contribution in [0.1, 0.15) is 64.2 Å². The van der Waals surface area contributed by atoms with Crippen LogP contribution >= 0.6 is 0 Å². The highest BCUT2D eigenvalue weighted by Crippen LogP contribution is 2.38. The highest BCUT2D eigenvalue weighted by molar-refractivity contribution is 7.89. The van der Waals surface area contributed by atoms with Gasteiger partial charge in [0.2, 0.25) is 15.9 Å². The largest absolute Gasteiger partial charge is 0.353 e. The molecule has 2 bridgehead atoms. The molecule has 2 heterocycles. The summed E-state index contributed by atoms with van der Waals surface area (Å²) in [5.41, 5.74) is 0. The molecule has 1 aliphatic carbocycles. The van der Waals surface area contributed by atoms with Crippen LogP contribution in [0.15, 0.2) is 35.2 Å². The van der Waals surface area contributed by atoms with Gasteiger partial charge in [-0.2, -0.15) is 4.31 Å². The number of carbonyl (C=O) groups excluding carboxylic acids is 1. The van der Waals surface area contributed by atoms with E-state index in [1.54, 1.807) is 28.6 Å². The maximum Gasteiger partial charge on any atom is 0.243 e. The molecule has 148 valence electrons. The number of carbonyl (C=O) groups is 1. The molecule has 6 heteroatoms. The molecular formula is C21H30N2O3S. The van der Waals surface area contributed by atoms with Crippen molar-refractivity contribution in [3.63, 3.8) is 0 Å². The van der Waals surface area contributed by atoms with Crippen LogP contribution in [-0.2, 0) is 14.8 Å². The Labute approximate surface area is 162 Å². The smallest absolute Gasteiger partial charge is 0.243 e. The molecule has 2 saturated heterocycles. The second-order valence-electron chi connectivity index (χ2n) is 8.40. The average molecular weight is 391 g/mol. The molecule has 27 heavy (non-hydrogen) atoms. The van der Waals surface area contributed by atoms with E-state index < -0.39 is 10.0 Å². The fraction of sp³-hybridized carbons (Fsp3) is 0.667. The van der Waals surface area contributed by atoms with Gasteiger partial charge in [-0.15, -0.1) is 0 Å². The van der Waals surface area contributed by atoms with Gasteiger partial charge < -0.3 is 5.32 Å². The predicted octanol–water partition coefficient (Wildman–Crippen LogP) is 3.46. The van der Waals surface area contributed by atoms with Crippen LogP contribution in [0, 0.1) is 5.92 Å². The van der Waals surface area contributed by atoms with Gasteiger partial charge in [-0.25, -0.2) is 8.42 Å². The average Bonchev–Trinajstić information content (AvgIpc) is 2.68. The summed E-state index contributed by atoms with van der Waals surface area (Å²) in [7, 11) is -3.47. The molecule has 1 saturated carbocycles. The highest BCUT2D eigenvalue weighted by Gasteiger charge is 2.45. The second kappa shape index (κ2) is 7.92. The van der Waals surface area contributed by atoms with Gasteiger partial charge in [-0.1, -0.05) is 43.9 Å². The minimum absolute atomic E-state index is 0.000591.